The zero-order valence-electron chi connectivity index (χ0n) is 15.3. The number of hydrogen-bond acceptors (Lipinski definition) is 5. The highest BCUT2D eigenvalue weighted by Crippen LogP contribution is 2.30. The zero-order valence-corrected chi connectivity index (χ0v) is 16.1. The van der Waals surface area contributed by atoms with E-state index in [0.29, 0.717) is 10.9 Å². The fourth-order valence-corrected chi connectivity index (χ4v) is 4.24. The molecule has 0 saturated carbocycles. The third kappa shape index (κ3) is 3.84. The first-order valence-electron chi connectivity index (χ1n) is 8.35. The molecule has 1 heterocycles. The van der Waals surface area contributed by atoms with Crippen LogP contribution in [-0.2, 0) is 25.9 Å². The van der Waals surface area contributed by atoms with Gasteiger partial charge in [-0.05, 0) is 25.1 Å². The van der Waals surface area contributed by atoms with Crippen LogP contribution in [0.1, 0.15) is 5.56 Å². The molecule has 0 atom stereocenters. The Kier molecular flexibility index (Phi) is 5.36. The highest BCUT2D eigenvalue weighted by molar-refractivity contribution is 7.91. The molecule has 8 nitrogen and oxygen atoms in total. The van der Waals surface area contributed by atoms with Crippen LogP contribution in [0.15, 0.2) is 64.5 Å². The molecule has 0 aliphatic carbocycles. The van der Waals surface area contributed by atoms with Crippen LogP contribution in [0.25, 0.3) is 10.9 Å². The summed E-state index contributed by atoms with van der Waals surface area (Å²) in [6.07, 6.45) is 0.616. The number of para-hydroxylation sites is 1. The molecule has 28 heavy (non-hydrogen) atoms. The molecule has 0 spiro atoms. The molecular formula is C19H19N3O5S. The minimum atomic E-state index is -3.77. The zero-order chi connectivity index (χ0) is 20.3. The van der Waals surface area contributed by atoms with Crippen LogP contribution < -0.4 is 10.9 Å². The second kappa shape index (κ2) is 7.73. The van der Waals surface area contributed by atoms with Gasteiger partial charge >= 0.3 is 6.09 Å². The van der Waals surface area contributed by atoms with Crippen LogP contribution >= 0.6 is 0 Å². The van der Waals surface area contributed by atoms with E-state index in [1.807, 2.05) is 6.92 Å². The van der Waals surface area contributed by atoms with Crippen molar-refractivity contribution < 1.29 is 22.7 Å². The normalized spacial score (nSPS) is 11.2. The number of hydrazine groups is 1. The van der Waals surface area contributed by atoms with Crippen LogP contribution in [-0.4, -0.2) is 32.1 Å². The minimum Gasteiger partial charge on any atom is -0.452 e. The Morgan fingerprint density at radius 2 is 1.71 bits per heavy atom. The van der Waals surface area contributed by atoms with E-state index in [2.05, 4.69) is 15.6 Å². The lowest BCUT2D eigenvalue weighted by Crippen LogP contribution is -2.43. The second-order valence-corrected chi connectivity index (χ2v) is 8.04. The van der Waals surface area contributed by atoms with Crippen LogP contribution in [0, 0.1) is 6.92 Å². The number of methoxy groups -OCH3 is 1. The summed E-state index contributed by atoms with van der Waals surface area (Å²) in [5.74, 6) is -0.537. The predicted molar refractivity (Wildman–Crippen MR) is 102 cm³/mol. The third-order valence-electron chi connectivity index (χ3n) is 4.18. The summed E-state index contributed by atoms with van der Waals surface area (Å²) in [6.45, 7) is 1.69. The smallest absolute Gasteiger partial charge is 0.425 e. The Hall–Kier alpha value is -3.33. The summed E-state index contributed by atoms with van der Waals surface area (Å²) in [5.41, 5.74) is 5.81. The maximum absolute atomic E-state index is 13.1. The lowest BCUT2D eigenvalue weighted by atomic mass is 10.2. The van der Waals surface area contributed by atoms with Gasteiger partial charge in [0.05, 0.1) is 16.9 Å². The number of rotatable bonds is 4. The van der Waals surface area contributed by atoms with E-state index in [1.165, 1.54) is 17.9 Å². The number of aromatic nitrogens is 1. The number of amides is 2. The van der Waals surface area contributed by atoms with Gasteiger partial charge in [-0.3, -0.25) is 10.2 Å². The second-order valence-electron chi connectivity index (χ2n) is 6.12. The van der Waals surface area contributed by atoms with Crippen molar-refractivity contribution in [3.05, 3.63) is 60.3 Å². The van der Waals surface area contributed by atoms with E-state index in [4.69, 9.17) is 0 Å². The number of nitrogens with one attached hydrogen (secondary N) is 2. The number of aryl methyl sites for hydroxylation is 1. The predicted octanol–water partition coefficient (Wildman–Crippen LogP) is 2.17. The quantitative estimate of drug-likeness (QED) is 0.652. The molecule has 0 radical (unpaired) electrons. The van der Waals surface area contributed by atoms with E-state index in [0.717, 1.165) is 5.56 Å². The molecule has 0 bridgehead atoms. The molecule has 1 aromatic heterocycles. The Labute approximate surface area is 162 Å². The minimum absolute atomic E-state index is 0.112. The summed E-state index contributed by atoms with van der Waals surface area (Å²) >= 11 is 0. The average Bonchev–Trinajstić information content (AvgIpc) is 3.06. The number of fused-ring (bicyclic) bond motifs is 1. The van der Waals surface area contributed by atoms with Gasteiger partial charge in [0.25, 0.3) is 5.91 Å². The largest absolute Gasteiger partial charge is 0.452 e. The molecule has 2 N–H and O–H groups in total. The Morgan fingerprint density at radius 1 is 1.04 bits per heavy atom. The first-order chi connectivity index (χ1) is 13.3. The number of ether oxygens (including phenoxy) is 1. The maximum atomic E-state index is 13.1. The number of nitrogens with zero attached hydrogens (tertiary/aromatic N) is 1. The van der Waals surface area contributed by atoms with Gasteiger partial charge in [0.15, 0.2) is 0 Å². The molecule has 2 aromatic carbocycles. The molecule has 0 unspecified atom stereocenters. The van der Waals surface area contributed by atoms with E-state index in [-0.39, 0.29) is 16.3 Å². The van der Waals surface area contributed by atoms with E-state index in [9.17, 15) is 18.0 Å². The summed E-state index contributed by atoms with van der Waals surface area (Å²) in [7, 11) is -2.60. The number of sulfone groups is 1. The Balaban J connectivity index is 1.98. The van der Waals surface area contributed by atoms with Gasteiger partial charge in [0.2, 0.25) is 9.84 Å². The van der Waals surface area contributed by atoms with Crippen LogP contribution in [0.3, 0.4) is 0 Å². The van der Waals surface area contributed by atoms with Gasteiger partial charge in [-0.25, -0.2) is 18.6 Å². The SMILES string of the molecule is COC(=O)NNC(=O)Cn1cc(S(=O)(=O)c2ccc(C)cc2)c2ccccc21. The van der Waals surface area contributed by atoms with Gasteiger partial charge in [0, 0.05) is 17.1 Å². The van der Waals surface area contributed by atoms with Gasteiger partial charge in [-0.1, -0.05) is 35.9 Å². The summed E-state index contributed by atoms with van der Waals surface area (Å²) in [6, 6.07) is 13.5. The number of hydrogen-bond donors (Lipinski definition) is 2. The van der Waals surface area contributed by atoms with E-state index >= 15 is 0 Å². The maximum Gasteiger partial charge on any atom is 0.425 e. The van der Waals surface area contributed by atoms with Crippen molar-refractivity contribution in [1.29, 1.82) is 0 Å². The molecule has 2 amide bonds. The molecule has 0 aliphatic heterocycles. The average molecular weight is 401 g/mol. The van der Waals surface area contributed by atoms with Crippen molar-refractivity contribution in [2.45, 2.75) is 23.3 Å². The molecule has 0 saturated heterocycles. The van der Waals surface area contributed by atoms with Gasteiger partial charge in [-0.15, -0.1) is 0 Å². The summed E-state index contributed by atoms with van der Waals surface area (Å²) < 4.78 is 32.1. The number of carbonyl (C=O) groups excluding carboxylic acids is 2. The summed E-state index contributed by atoms with van der Waals surface area (Å²) in [5, 5.41) is 0.511. The van der Waals surface area contributed by atoms with Crippen LogP contribution in [0.5, 0.6) is 0 Å². The van der Waals surface area contributed by atoms with Crippen molar-refractivity contribution in [3.63, 3.8) is 0 Å². The summed E-state index contributed by atoms with van der Waals surface area (Å²) in [4.78, 5) is 23.4. The highest BCUT2D eigenvalue weighted by Gasteiger charge is 2.23. The van der Waals surface area contributed by atoms with Crippen molar-refractivity contribution in [3.8, 4) is 0 Å². The van der Waals surface area contributed by atoms with Gasteiger partial charge in [-0.2, -0.15) is 0 Å². The van der Waals surface area contributed by atoms with E-state index in [1.54, 1.807) is 48.5 Å². The molecule has 0 fully saturated rings. The monoisotopic (exact) mass is 401 g/mol. The molecule has 9 heteroatoms. The van der Waals surface area contributed by atoms with Crippen molar-refractivity contribution in [2.75, 3.05) is 7.11 Å². The standard InChI is InChI=1S/C19H19N3O5S/c1-13-7-9-14(10-8-13)28(25,26)17-11-22(16-6-4-3-5-15(16)17)12-18(23)20-21-19(24)27-2/h3-11H,12H2,1-2H3,(H,20,23)(H,21,24). The molecule has 3 aromatic rings. The van der Waals surface area contributed by atoms with Crippen molar-refractivity contribution in [1.82, 2.24) is 15.4 Å². The highest BCUT2D eigenvalue weighted by atomic mass is 32.2. The molecule has 3 rings (SSSR count). The van der Waals surface area contributed by atoms with Gasteiger partial charge < -0.3 is 9.30 Å². The van der Waals surface area contributed by atoms with Gasteiger partial charge in [0.1, 0.15) is 6.54 Å². The van der Waals surface area contributed by atoms with E-state index < -0.39 is 21.8 Å². The fraction of sp³-hybridized carbons (Fsp3) is 0.158. The lowest BCUT2D eigenvalue weighted by molar-refractivity contribution is -0.122. The number of carbonyl (C=O) groups is 2. The molecular weight excluding hydrogens is 382 g/mol. The first-order valence-corrected chi connectivity index (χ1v) is 9.83. The Morgan fingerprint density at radius 3 is 2.39 bits per heavy atom. The van der Waals surface area contributed by atoms with Crippen LogP contribution in [0.2, 0.25) is 0 Å². The molecule has 0 aliphatic rings. The number of benzene rings is 2. The first kappa shape index (κ1) is 19.4. The van der Waals surface area contributed by atoms with Crippen LogP contribution in [0.4, 0.5) is 4.79 Å². The third-order valence-corrected chi connectivity index (χ3v) is 5.97. The lowest BCUT2D eigenvalue weighted by Gasteiger charge is -2.07. The fourth-order valence-electron chi connectivity index (χ4n) is 2.77. The Bertz CT molecular complexity index is 1130. The van der Waals surface area contributed by atoms with Crippen molar-refractivity contribution >= 4 is 32.7 Å². The van der Waals surface area contributed by atoms with Crippen molar-refractivity contribution in [2.24, 2.45) is 0 Å². The topological polar surface area (TPSA) is 106 Å². The molecule has 146 valence electrons.